The lowest BCUT2D eigenvalue weighted by atomic mass is 9.96. The molecule has 6 aromatic carbocycles. The number of likely N-dealkylation sites (N-methyl/N-ethyl adjacent to an activating group) is 2. The first-order chi connectivity index (χ1) is 63.0. The molecule has 9 aliphatic rings. The van der Waals surface area contributed by atoms with Gasteiger partial charge in [0.15, 0.2) is 17.1 Å². The summed E-state index contributed by atoms with van der Waals surface area (Å²) >= 11 is 0. The van der Waals surface area contributed by atoms with Crippen LogP contribution in [0.3, 0.4) is 0 Å². The summed E-state index contributed by atoms with van der Waals surface area (Å²) in [7, 11) is 2.14. The lowest BCUT2D eigenvalue weighted by molar-refractivity contribution is -0.438. The van der Waals surface area contributed by atoms with E-state index in [-0.39, 0.29) is 75.5 Å². The quantitative estimate of drug-likeness (QED) is 0.0166. The molecule has 21 heteroatoms. The number of carbonyl (C=O) groups is 9. The number of carbonyl (C=O) groups excluding carboxylic acids is 9. The molecule has 0 unspecified atom stereocenters. The number of rotatable bonds is 32. The molecule has 0 spiro atoms. The molecule has 6 aromatic rings. The summed E-state index contributed by atoms with van der Waals surface area (Å²) in [6, 6.07) is 40.1. The van der Waals surface area contributed by atoms with Crippen LogP contribution in [0.4, 0.5) is 34.1 Å². The van der Waals surface area contributed by atoms with Crippen LogP contribution >= 0.6 is 0 Å². The van der Waals surface area contributed by atoms with Gasteiger partial charge in [-0.1, -0.05) is 170 Å². The Bertz CT molecular complexity index is 5790. The molecular formula is C110H130N9O12+3. The highest BCUT2D eigenvalue weighted by atomic mass is 16.7. The van der Waals surface area contributed by atoms with Crippen LogP contribution in [0.2, 0.25) is 0 Å². The van der Waals surface area contributed by atoms with Crippen LogP contribution in [0.25, 0.3) is 0 Å². The van der Waals surface area contributed by atoms with Gasteiger partial charge in [0.05, 0.1) is 17.8 Å². The van der Waals surface area contributed by atoms with Crippen LogP contribution in [0.15, 0.2) is 217 Å². The molecule has 9 heterocycles. The van der Waals surface area contributed by atoms with Gasteiger partial charge in [0.2, 0.25) is 17.1 Å². The third kappa shape index (κ3) is 22.3. The van der Waals surface area contributed by atoms with Gasteiger partial charge in [-0.05, 0) is 186 Å². The Hall–Kier alpha value is -12.8. The molecule has 684 valence electrons. The maximum Gasteiger partial charge on any atom is 0.333 e. The fourth-order valence-electron chi connectivity index (χ4n) is 19.5. The van der Waals surface area contributed by atoms with Crippen molar-refractivity contribution in [2.75, 3.05) is 54.5 Å². The van der Waals surface area contributed by atoms with Crippen molar-refractivity contribution in [3.05, 3.63) is 284 Å². The molecule has 3 saturated heterocycles. The van der Waals surface area contributed by atoms with Gasteiger partial charge in [-0.2, -0.15) is 13.7 Å². The van der Waals surface area contributed by atoms with Crippen LogP contribution in [0.1, 0.15) is 273 Å². The highest BCUT2D eigenvalue weighted by molar-refractivity contribution is 6.04. The van der Waals surface area contributed by atoms with Gasteiger partial charge in [-0.15, -0.1) is 15.2 Å². The number of aryl methyl sites for hydroxylation is 6. The molecule has 9 aliphatic heterocycles. The number of amides is 6. The smallest absolute Gasteiger partial charge is 0.333 e. The average molecular weight is 1770 g/mol. The third-order valence-corrected chi connectivity index (χ3v) is 26.6. The number of allylic oxidation sites excluding steroid dienone is 18. The molecule has 0 aliphatic carbocycles. The molecule has 6 amide bonds. The predicted molar refractivity (Wildman–Crippen MR) is 517 cm³/mol. The van der Waals surface area contributed by atoms with E-state index in [1.54, 1.807) is 0 Å². The zero-order valence-corrected chi connectivity index (χ0v) is 79.2. The fraction of sp³-hybridized carbons (Fsp3) is 0.400. The standard InChI is InChI=1S/C39H46N3O4.C36H42N3O4.C35H42N3O4/c1-6-40-33(29(4)31-25-27(2)18-20-35(31)40)15-11-8-7-9-12-16-34-30(5)32-26-28(3)19-21-36(32)41(34)24-14-10-13-17-39(45)46-42-37(43)22-23-38(42)44;1-24-15-17-32-28(22-24)26(3)30(37(32)5)12-8-6-9-13-31-27(4)29-23-25(2)16-18-33(29)38(31)21-11-7-10-14-36(42)43-39-34(40)19-20-35(39)41;1-6-36-29(25(4)27-21-23(2)14-16-31(27)36)11-10-12-30-26(5)28-22-24(3)15-17-32(28)37(30)20-9-7-8-13-35(41)42-38-33(39)18-19-34(38)40/h7-9,11-12,15-16,18-21,25-26,29-30H,6,10,13-14,17,22-24H2,1-5H3;6,8-9,12-13,15-18,22-23,26-27H,7,10-11,14,19-21H2,1-5H3;10-12,14-17,21-22,25-26H,6-9,13,18-20H2,1-5H3/q3*+1/t29-,30+;26-,27+;25-,26+/m111/s1. The summed E-state index contributed by atoms with van der Waals surface area (Å²) in [5.74, 6) is -2.35. The number of imide groups is 3. The van der Waals surface area contributed by atoms with Gasteiger partial charge in [0, 0.05) is 195 Å². The maximum atomic E-state index is 12.2. The van der Waals surface area contributed by atoms with Crippen molar-refractivity contribution in [1.29, 1.82) is 0 Å². The number of hydrogen-bond donors (Lipinski definition) is 0. The van der Waals surface area contributed by atoms with Crippen LogP contribution < -0.4 is 14.7 Å². The minimum Gasteiger partial charge on any atom is -0.345 e. The molecule has 0 radical (unpaired) electrons. The Morgan fingerprint density at radius 3 is 1.01 bits per heavy atom. The number of unbranched alkanes of at least 4 members (excludes halogenated alkanes) is 6. The second kappa shape index (κ2) is 43.8. The molecule has 131 heavy (non-hydrogen) atoms. The van der Waals surface area contributed by atoms with Crippen LogP contribution in [0.5, 0.6) is 0 Å². The van der Waals surface area contributed by atoms with Crippen molar-refractivity contribution in [3.63, 3.8) is 0 Å². The lowest BCUT2D eigenvalue weighted by Crippen LogP contribution is -2.31. The van der Waals surface area contributed by atoms with Gasteiger partial charge < -0.3 is 29.2 Å². The van der Waals surface area contributed by atoms with Crippen molar-refractivity contribution in [1.82, 2.24) is 15.2 Å². The summed E-state index contributed by atoms with van der Waals surface area (Å²) in [6.45, 7) is 35.3. The van der Waals surface area contributed by atoms with Gasteiger partial charge >= 0.3 is 17.9 Å². The van der Waals surface area contributed by atoms with Crippen molar-refractivity contribution < 1.29 is 71.4 Å². The SMILES string of the molecule is CCN1C(=CC=CC2=[N+](CCCCCC(=O)ON3C(=O)CCC3=O)c3ccc(C)cc3[C@@H]2C)[C@H](C)c2cc(C)ccc21.CCN1C(=CC=CC=CC=CC2=[N+](CCCCCC(=O)ON3C(=O)CCC3=O)c3ccc(C)cc3[C@@H]2C)[C@H](C)c2cc(C)ccc21.Cc1ccc2c(c1)[C@H](C)\C(=C/C=C/C=C/C1=[N+](C)c3ccc(C)cc3[C@H]1C)N2CCCCCC(=O)ON1C(=O)CCC1=O. The summed E-state index contributed by atoms with van der Waals surface area (Å²) in [5.41, 5.74) is 31.2. The lowest BCUT2D eigenvalue weighted by Gasteiger charge is -2.22. The van der Waals surface area contributed by atoms with E-state index in [1.165, 1.54) is 135 Å². The molecule has 15 rings (SSSR count). The Kier molecular flexibility index (Phi) is 32.0. The molecule has 3 fully saturated rings. The zero-order valence-electron chi connectivity index (χ0n) is 79.2. The van der Waals surface area contributed by atoms with Crippen molar-refractivity contribution >= 4 is 105 Å². The van der Waals surface area contributed by atoms with Crippen molar-refractivity contribution in [2.24, 2.45) is 0 Å². The van der Waals surface area contributed by atoms with Crippen LogP contribution in [0, 0.1) is 41.5 Å². The number of hydroxylamine groups is 6. The summed E-state index contributed by atoms with van der Waals surface area (Å²) < 4.78 is 7.10. The highest BCUT2D eigenvalue weighted by Gasteiger charge is 2.41. The number of hydrogen-bond acceptors (Lipinski definition) is 15. The van der Waals surface area contributed by atoms with Gasteiger partial charge in [0.1, 0.15) is 20.1 Å². The number of fused-ring (bicyclic) bond motifs is 6. The highest BCUT2D eigenvalue weighted by Crippen LogP contribution is 2.48. The Morgan fingerprint density at radius 2 is 0.618 bits per heavy atom. The molecule has 0 N–H and O–H groups in total. The van der Waals surface area contributed by atoms with E-state index >= 15 is 0 Å². The number of anilines is 3. The van der Waals surface area contributed by atoms with Crippen molar-refractivity contribution in [2.45, 2.75) is 248 Å². The second-order valence-electron chi connectivity index (χ2n) is 36.1. The summed E-state index contributed by atoms with van der Waals surface area (Å²) in [5, 5.41) is 1.87. The summed E-state index contributed by atoms with van der Waals surface area (Å²) in [6.07, 6.45) is 40.8. The second-order valence-corrected chi connectivity index (χ2v) is 36.1. The minimum atomic E-state index is -0.535. The maximum absolute atomic E-state index is 12.2. The monoisotopic (exact) mass is 1770 g/mol. The zero-order chi connectivity index (χ0) is 93.4. The van der Waals surface area contributed by atoms with E-state index < -0.39 is 53.4 Å². The first-order valence-electron chi connectivity index (χ1n) is 47.2. The molecular weight excluding hydrogens is 1640 g/mol. The first-order valence-corrected chi connectivity index (χ1v) is 47.2. The summed E-state index contributed by atoms with van der Waals surface area (Å²) in [4.78, 5) is 129. The first kappa shape index (κ1) is 95.8. The van der Waals surface area contributed by atoms with Gasteiger partial charge in [-0.3, -0.25) is 28.8 Å². The van der Waals surface area contributed by atoms with E-state index in [0.29, 0.717) is 52.2 Å². The van der Waals surface area contributed by atoms with E-state index in [2.05, 4.69) is 333 Å². The number of benzene rings is 6. The Balaban J connectivity index is 0.000000167. The largest absolute Gasteiger partial charge is 0.345 e. The molecule has 21 nitrogen and oxygen atoms in total. The average Bonchev–Trinajstić information content (AvgIpc) is 1.63. The van der Waals surface area contributed by atoms with E-state index in [9.17, 15) is 43.2 Å². The van der Waals surface area contributed by atoms with Crippen LogP contribution in [-0.4, -0.2) is 139 Å². The minimum absolute atomic E-state index is 0.103. The van der Waals surface area contributed by atoms with Crippen LogP contribution in [-0.2, 0) is 57.7 Å². The van der Waals surface area contributed by atoms with E-state index in [4.69, 9.17) is 14.5 Å². The van der Waals surface area contributed by atoms with E-state index in [1.807, 2.05) is 0 Å². The Labute approximate surface area is 773 Å². The molecule has 0 saturated carbocycles. The normalized spacial score (nSPS) is 20.7. The van der Waals surface area contributed by atoms with Crippen molar-refractivity contribution in [3.8, 4) is 0 Å². The molecule has 6 atom stereocenters. The Morgan fingerprint density at radius 1 is 0.328 bits per heavy atom. The van der Waals surface area contributed by atoms with E-state index in [0.717, 1.165) is 71.2 Å². The van der Waals surface area contributed by atoms with Gasteiger partial charge in [-0.25, -0.2) is 14.4 Å². The predicted octanol–water partition coefficient (Wildman–Crippen LogP) is 21.5. The fourth-order valence-corrected chi connectivity index (χ4v) is 19.5. The van der Waals surface area contributed by atoms with Gasteiger partial charge in [0.25, 0.3) is 35.4 Å². The molecule has 0 aromatic heterocycles. The topological polar surface area (TPSA) is 210 Å². The number of nitrogens with zero attached hydrogens (tertiary/aromatic N) is 9. The third-order valence-electron chi connectivity index (χ3n) is 26.6. The molecule has 0 bridgehead atoms.